The average Bonchev–Trinajstić information content (AvgIpc) is 3.54. The van der Waals surface area contributed by atoms with Crippen LogP contribution in [0.15, 0.2) is 42.7 Å². The highest BCUT2D eigenvalue weighted by molar-refractivity contribution is 6.42. The quantitative estimate of drug-likeness (QED) is 0.215. The van der Waals surface area contributed by atoms with Gasteiger partial charge in [0.15, 0.2) is 17.0 Å². The zero-order valence-corrected chi connectivity index (χ0v) is 22.0. The third-order valence-electron chi connectivity index (χ3n) is 7.03. The number of fused-ring (bicyclic) bond motifs is 2. The summed E-state index contributed by atoms with van der Waals surface area (Å²) < 4.78 is 0. The van der Waals surface area contributed by atoms with Crippen LogP contribution in [0.1, 0.15) is 31.2 Å². The molecule has 0 radical (unpaired) electrons. The second-order valence-electron chi connectivity index (χ2n) is 9.68. The number of aromatic amines is 1. The van der Waals surface area contributed by atoms with Gasteiger partial charge in [-0.15, -0.1) is 0 Å². The number of benzene rings is 2. The van der Waals surface area contributed by atoms with Crippen LogP contribution in [-0.2, 0) is 6.42 Å². The first kappa shape index (κ1) is 24.7. The van der Waals surface area contributed by atoms with Gasteiger partial charge in [-0.25, -0.2) is 9.78 Å². The number of halogens is 2. The third-order valence-corrected chi connectivity index (χ3v) is 7.77. The molecule has 1 aliphatic heterocycles. The molecule has 6 N–H and O–H groups in total. The van der Waals surface area contributed by atoms with Crippen molar-refractivity contribution in [1.82, 2.24) is 19.9 Å². The Morgan fingerprint density at radius 1 is 1.00 bits per heavy atom. The molecule has 2 aliphatic rings. The number of anilines is 5. The number of hydrogen-bond acceptors (Lipinski definition) is 7. The molecule has 4 aromatic rings. The fourth-order valence-electron chi connectivity index (χ4n) is 5.09. The van der Waals surface area contributed by atoms with Crippen LogP contribution < -0.4 is 26.6 Å². The molecule has 196 valence electrons. The van der Waals surface area contributed by atoms with E-state index in [4.69, 9.17) is 33.9 Å². The number of imidazole rings is 1. The van der Waals surface area contributed by atoms with Crippen molar-refractivity contribution < 1.29 is 4.79 Å². The monoisotopic (exact) mass is 551 g/mol. The molecule has 10 nitrogen and oxygen atoms in total. The van der Waals surface area contributed by atoms with E-state index in [1.807, 2.05) is 18.2 Å². The van der Waals surface area contributed by atoms with Gasteiger partial charge in [0, 0.05) is 35.7 Å². The van der Waals surface area contributed by atoms with Gasteiger partial charge in [0.05, 0.1) is 16.4 Å². The van der Waals surface area contributed by atoms with Crippen LogP contribution in [0.3, 0.4) is 0 Å². The molecule has 6 rings (SSSR count). The Hall–Kier alpha value is -3.60. The number of rotatable bonds is 5. The molecule has 0 spiro atoms. The lowest BCUT2D eigenvalue weighted by molar-refractivity contribution is 0.262. The topological polar surface area (TPSA) is 137 Å². The number of carbonyl (C=O) groups excluding carboxylic acids is 1. The van der Waals surface area contributed by atoms with Crippen molar-refractivity contribution >= 4 is 69.2 Å². The summed E-state index contributed by atoms with van der Waals surface area (Å²) in [5.41, 5.74) is 10.9. The molecule has 3 heterocycles. The lowest BCUT2D eigenvalue weighted by atomic mass is 9.92. The van der Waals surface area contributed by atoms with Gasteiger partial charge in [-0.1, -0.05) is 23.2 Å². The number of carbonyl (C=O) groups is 1. The van der Waals surface area contributed by atoms with Gasteiger partial charge < -0.3 is 31.6 Å². The predicted molar refractivity (Wildman–Crippen MR) is 152 cm³/mol. The van der Waals surface area contributed by atoms with Gasteiger partial charge >= 0.3 is 6.03 Å². The van der Waals surface area contributed by atoms with Gasteiger partial charge in [0.2, 0.25) is 5.95 Å². The second-order valence-corrected chi connectivity index (χ2v) is 10.5. The number of H-pyrrole nitrogens is 1. The molecule has 2 aromatic carbocycles. The van der Waals surface area contributed by atoms with Crippen molar-refractivity contribution in [2.24, 2.45) is 5.73 Å². The molecule has 1 fully saturated rings. The maximum atomic E-state index is 12.5. The largest absolute Gasteiger partial charge is 0.351 e. The fraction of sp³-hybridized carbons (Fsp3) is 0.308. The van der Waals surface area contributed by atoms with Crippen LogP contribution in [0.25, 0.3) is 11.2 Å². The van der Waals surface area contributed by atoms with Crippen LogP contribution in [0, 0.1) is 0 Å². The SMILES string of the molecule is N[C@H]1CC[C@H](Nc2nc(N3CCc4cc(NC(=O)Nc5ccc(Cl)c(Cl)c5)ccc43)c3nc[nH]c3n2)CC1. The van der Waals surface area contributed by atoms with E-state index in [1.165, 1.54) is 0 Å². The molecular weight excluding hydrogens is 525 g/mol. The standard InChI is InChI=1S/C26H27Cl2N9O/c27-19-7-5-18(12-20(19)28)34-26(38)33-17-6-8-21-14(11-17)9-10-37(21)24-22-23(31-13-30-22)35-25(36-24)32-16-3-1-15(29)2-4-16/h5-8,11-13,15-16H,1-4,9-10,29H2,(H2,33,34,38)(H2,30,31,32,35,36)/t15-,16-. The first-order valence-corrected chi connectivity index (χ1v) is 13.4. The number of urea groups is 1. The Morgan fingerprint density at radius 2 is 1.76 bits per heavy atom. The molecule has 1 aliphatic carbocycles. The third kappa shape index (κ3) is 5.07. The first-order valence-electron chi connectivity index (χ1n) is 12.6. The second kappa shape index (κ2) is 10.3. The van der Waals surface area contributed by atoms with E-state index < -0.39 is 0 Å². The summed E-state index contributed by atoms with van der Waals surface area (Å²) in [7, 11) is 0. The minimum absolute atomic E-state index is 0.280. The summed E-state index contributed by atoms with van der Waals surface area (Å²) in [6.07, 6.45) is 6.45. The number of nitrogens with two attached hydrogens (primary N) is 1. The Labute approximate surface area is 229 Å². The smallest absolute Gasteiger partial charge is 0.323 e. The number of aromatic nitrogens is 4. The molecular formula is C26H27Cl2N9O. The number of nitrogens with zero attached hydrogens (tertiary/aromatic N) is 4. The fourth-order valence-corrected chi connectivity index (χ4v) is 5.38. The molecule has 2 aromatic heterocycles. The van der Waals surface area contributed by atoms with Crippen molar-refractivity contribution in [2.75, 3.05) is 27.4 Å². The van der Waals surface area contributed by atoms with Crippen molar-refractivity contribution in [3.8, 4) is 0 Å². The molecule has 38 heavy (non-hydrogen) atoms. The highest BCUT2D eigenvalue weighted by Crippen LogP contribution is 2.38. The highest BCUT2D eigenvalue weighted by atomic mass is 35.5. The summed E-state index contributed by atoms with van der Waals surface area (Å²) >= 11 is 12.0. The zero-order chi connectivity index (χ0) is 26.2. The zero-order valence-electron chi connectivity index (χ0n) is 20.5. The van der Waals surface area contributed by atoms with E-state index in [-0.39, 0.29) is 12.1 Å². The molecule has 1 saturated carbocycles. The molecule has 2 amide bonds. The van der Waals surface area contributed by atoms with Crippen LogP contribution in [0.2, 0.25) is 10.0 Å². The normalized spacial score (nSPS) is 18.9. The average molecular weight is 552 g/mol. The Kier molecular flexibility index (Phi) is 6.69. The summed E-state index contributed by atoms with van der Waals surface area (Å²) in [6, 6.07) is 11.0. The van der Waals surface area contributed by atoms with Crippen LogP contribution in [-0.4, -0.2) is 44.6 Å². The number of amides is 2. The lowest BCUT2D eigenvalue weighted by Gasteiger charge is -2.27. The van der Waals surface area contributed by atoms with Crippen LogP contribution >= 0.6 is 23.2 Å². The summed E-state index contributed by atoms with van der Waals surface area (Å²) in [5.74, 6) is 1.34. The van der Waals surface area contributed by atoms with E-state index >= 15 is 0 Å². The van der Waals surface area contributed by atoms with E-state index in [0.717, 1.165) is 61.2 Å². The van der Waals surface area contributed by atoms with Crippen molar-refractivity contribution in [2.45, 2.75) is 44.2 Å². The van der Waals surface area contributed by atoms with Crippen LogP contribution in [0.4, 0.5) is 33.6 Å². The molecule has 0 saturated heterocycles. The predicted octanol–water partition coefficient (Wildman–Crippen LogP) is 5.68. The number of hydrogen-bond donors (Lipinski definition) is 5. The summed E-state index contributed by atoms with van der Waals surface area (Å²) in [6.45, 7) is 0.741. The Morgan fingerprint density at radius 3 is 2.55 bits per heavy atom. The van der Waals surface area contributed by atoms with Crippen molar-refractivity contribution in [1.29, 1.82) is 0 Å². The van der Waals surface area contributed by atoms with E-state index in [9.17, 15) is 4.79 Å². The maximum Gasteiger partial charge on any atom is 0.323 e. The lowest BCUT2D eigenvalue weighted by Crippen LogP contribution is -2.33. The molecule has 0 atom stereocenters. The molecule has 0 bridgehead atoms. The molecule has 12 heteroatoms. The van der Waals surface area contributed by atoms with Crippen molar-refractivity contribution in [3.05, 3.63) is 58.3 Å². The summed E-state index contributed by atoms with van der Waals surface area (Å²) in [5, 5.41) is 9.97. The van der Waals surface area contributed by atoms with Gasteiger partial charge in [0.25, 0.3) is 0 Å². The Bertz CT molecular complexity index is 1500. The number of nitrogens with one attached hydrogen (secondary N) is 4. The van der Waals surface area contributed by atoms with Gasteiger partial charge in [-0.3, -0.25) is 0 Å². The minimum atomic E-state index is -0.369. The van der Waals surface area contributed by atoms with Gasteiger partial charge in [-0.2, -0.15) is 9.97 Å². The summed E-state index contributed by atoms with van der Waals surface area (Å²) in [4.78, 5) is 31.9. The minimum Gasteiger partial charge on any atom is -0.351 e. The van der Waals surface area contributed by atoms with E-state index in [1.54, 1.807) is 24.5 Å². The Balaban J connectivity index is 1.20. The van der Waals surface area contributed by atoms with E-state index in [0.29, 0.717) is 39.1 Å². The van der Waals surface area contributed by atoms with Gasteiger partial charge in [-0.05, 0) is 74.1 Å². The maximum absolute atomic E-state index is 12.5. The molecule has 0 unspecified atom stereocenters. The van der Waals surface area contributed by atoms with Gasteiger partial charge in [0.1, 0.15) is 0 Å². The van der Waals surface area contributed by atoms with Crippen molar-refractivity contribution in [3.63, 3.8) is 0 Å². The van der Waals surface area contributed by atoms with E-state index in [2.05, 4.69) is 35.8 Å². The highest BCUT2D eigenvalue weighted by Gasteiger charge is 2.26. The van der Waals surface area contributed by atoms with Crippen LogP contribution in [0.5, 0.6) is 0 Å². The first-order chi connectivity index (χ1) is 18.4.